The molecule has 0 radical (unpaired) electrons. The average Bonchev–Trinajstić information content (AvgIpc) is 2.52. The molecule has 1 heterocycles. The number of benzene rings is 1. The Kier molecular flexibility index (Phi) is 6.88. The van der Waals surface area contributed by atoms with E-state index in [2.05, 4.69) is 36.9 Å². The lowest BCUT2D eigenvalue weighted by Gasteiger charge is -2.33. The van der Waals surface area contributed by atoms with Crippen molar-refractivity contribution in [1.82, 2.24) is 4.90 Å². The molecule has 0 bridgehead atoms. The van der Waals surface area contributed by atoms with Crippen LogP contribution in [0.5, 0.6) is 0 Å². The van der Waals surface area contributed by atoms with Crippen LogP contribution in [-0.4, -0.2) is 54.9 Å². The lowest BCUT2D eigenvalue weighted by Crippen LogP contribution is -2.32. The minimum absolute atomic E-state index is 0.164. The maximum Gasteiger partial charge on any atom is 0.0802 e. The van der Waals surface area contributed by atoms with Crippen molar-refractivity contribution in [3.8, 4) is 0 Å². The van der Waals surface area contributed by atoms with E-state index >= 15 is 0 Å². The summed E-state index contributed by atoms with van der Waals surface area (Å²) in [7, 11) is 1.97. The van der Waals surface area contributed by atoms with Crippen LogP contribution in [0.2, 0.25) is 0 Å². The largest absolute Gasteiger partial charge is 0.395 e. The predicted octanol–water partition coefficient (Wildman–Crippen LogP) is 2.44. The highest BCUT2D eigenvalue weighted by Gasteiger charge is 2.19. The van der Waals surface area contributed by atoms with E-state index in [-0.39, 0.29) is 6.61 Å². The van der Waals surface area contributed by atoms with Gasteiger partial charge in [0.1, 0.15) is 0 Å². The molecule has 0 fully saturated rings. The van der Waals surface area contributed by atoms with Crippen LogP contribution in [0, 0.1) is 5.92 Å². The molecule has 1 aliphatic rings. The molecule has 1 aromatic carbocycles. The molecule has 0 amide bonds. The highest BCUT2D eigenvalue weighted by molar-refractivity contribution is 5.57. The van der Waals surface area contributed by atoms with E-state index in [0.717, 1.165) is 31.6 Å². The van der Waals surface area contributed by atoms with E-state index in [9.17, 15) is 5.11 Å². The molecule has 1 aromatic rings. The molecule has 0 spiro atoms. The lowest BCUT2D eigenvalue weighted by molar-refractivity contribution is 0.141. The molecule has 0 aliphatic carbocycles. The van der Waals surface area contributed by atoms with Crippen molar-refractivity contribution in [3.05, 3.63) is 29.3 Å². The zero-order valence-corrected chi connectivity index (χ0v) is 14.8. The molecule has 1 atom stereocenters. The van der Waals surface area contributed by atoms with E-state index in [1.165, 1.54) is 17.7 Å². The quantitative estimate of drug-likeness (QED) is 0.772. The molecule has 23 heavy (non-hydrogen) atoms. The summed E-state index contributed by atoms with van der Waals surface area (Å²) in [5, 5.41) is 19.4. The van der Waals surface area contributed by atoms with Crippen molar-refractivity contribution < 1.29 is 10.2 Å². The monoisotopic (exact) mass is 320 g/mol. The van der Waals surface area contributed by atoms with Crippen LogP contribution in [0.1, 0.15) is 43.9 Å². The van der Waals surface area contributed by atoms with Gasteiger partial charge in [0.25, 0.3) is 0 Å². The van der Waals surface area contributed by atoms with E-state index in [1.807, 2.05) is 11.9 Å². The fourth-order valence-corrected chi connectivity index (χ4v) is 3.32. The first-order valence-electron chi connectivity index (χ1n) is 8.86. The summed E-state index contributed by atoms with van der Waals surface area (Å²) in [6.07, 6.45) is 2.57. The number of aliphatic hydroxyl groups excluding tert-OH is 2. The van der Waals surface area contributed by atoms with Gasteiger partial charge in [-0.05, 0) is 49.4 Å². The van der Waals surface area contributed by atoms with Gasteiger partial charge in [0.05, 0.1) is 12.7 Å². The highest BCUT2D eigenvalue weighted by Crippen LogP contribution is 2.31. The summed E-state index contributed by atoms with van der Waals surface area (Å²) in [5.74, 6) is 0.660. The van der Waals surface area contributed by atoms with Crippen LogP contribution < -0.4 is 4.90 Å². The molecule has 1 unspecified atom stereocenters. The predicted molar refractivity (Wildman–Crippen MR) is 96.0 cm³/mol. The molecule has 0 saturated carbocycles. The Hall–Kier alpha value is -1.10. The van der Waals surface area contributed by atoms with Gasteiger partial charge in [-0.2, -0.15) is 0 Å². The Bertz CT molecular complexity index is 490. The molecule has 2 N–H and O–H groups in total. The number of anilines is 1. The number of fused-ring (bicyclic) bond motifs is 1. The normalized spacial score (nSPS) is 16.0. The van der Waals surface area contributed by atoms with Gasteiger partial charge in [0, 0.05) is 31.9 Å². The summed E-state index contributed by atoms with van der Waals surface area (Å²) in [6, 6.07) is 6.46. The second kappa shape index (κ2) is 8.67. The van der Waals surface area contributed by atoms with E-state index in [1.54, 1.807) is 0 Å². The molecule has 4 nitrogen and oxygen atoms in total. The Morgan fingerprint density at radius 3 is 2.74 bits per heavy atom. The Morgan fingerprint density at radius 1 is 1.26 bits per heavy atom. The first-order valence-corrected chi connectivity index (χ1v) is 8.86. The zero-order chi connectivity index (χ0) is 16.8. The second-order valence-electron chi connectivity index (χ2n) is 7.16. The zero-order valence-electron chi connectivity index (χ0n) is 14.8. The van der Waals surface area contributed by atoms with Crippen LogP contribution in [0.4, 0.5) is 5.69 Å². The SMILES string of the molecule is CC(C)CN1CCCc2cc(C(O)CCN(C)CCO)ccc21. The van der Waals surface area contributed by atoms with Gasteiger partial charge in [0.15, 0.2) is 0 Å². The lowest BCUT2D eigenvalue weighted by atomic mass is 9.95. The second-order valence-corrected chi connectivity index (χ2v) is 7.16. The van der Waals surface area contributed by atoms with Gasteiger partial charge in [-0.3, -0.25) is 0 Å². The smallest absolute Gasteiger partial charge is 0.0802 e. The van der Waals surface area contributed by atoms with Gasteiger partial charge in [-0.1, -0.05) is 26.0 Å². The molecule has 4 heteroatoms. The van der Waals surface area contributed by atoms with Crippen molar-refractivity contribution >= 4 is 5.69 Å². The fourth-order valence-electron chi connectivity index (χ4n) is 3.32. The van der Waals surface area contributed by atoms with E-state index < -0.39 is 6.10 Å². The Balaban J connectivity index is 2.02. The van der Waals surface area contributed by atoms with Gasteiger partial charge < -0.3 is 20.0 Å². The van der Waals surface area contributed by atoms with Gasteiger partial charge in [-0.25, -0.2) is 0 Å². The van der Waals surface area contributed by atoms with Crippen molar-refractivity contribution in [1.29, 1.82) is 0 Å². The molecule has 0 aromatic heterocycles. The summed E-state index contributed by atoms with van der Waals surface area (Å²) in [4.78, 5) is 4.53. The van der Waals surface area contributed by atoms with Crippen LogP contribution in [0.3, 0.4) is 0 Å². The van der Waals surface area contributed by atoms with Crippen LogP contribution in [0.15, 0.2) is 18.2 Å². The number of hydrogen-bond donors (Lipinski definition) is 2. The maximum atomic E-state index is 10.4. The third-order valence-electron chi connectivity index (χ3n) is 4.55. The van der Waals surface area contributed by atoms with Gasteiger partial charge in [0.2, 0.25) is 0 Å². The number of nitrogens with zero attached hydrogens (tertiary/aromatic N) is 2. The first-order chi connectivity index (χ1) is 11.0. The van der Waals surface area contributed by atoms with Crippen LogP contribution in [0.25, 0.3) is 0 Å². The van der Waals surface area contributed by atoms with E-state index in [4.69, 9.17) is 5.11 Å². The summed E-state index contributed by atoms with van der Waals surface area (Å²) in [6.45, 7) is 8.36. The molecule has 130 valence electrons. The summed E-state index contributed by atoms with van der Waals surface area (Å²) >= 11 is 0. The van der Waals surface area contributed by atoms with Crippen molar-refractivity contribution in [2.75, 3.05) is 44.7 Å². The van der Waals surface area contributed by atoms with Crippen LogP contribution >= 0.6 is 0 Å². The van der Waals surface area contributed by atoms with Crippen molar-refractivity contribution in [2.24, 2.45) is 5.92 Å². The van der Waals surface area contributed by atoms with Crippen LogP contribution in [-0.2, 0) is 6.42 Å². The van der Waals surface area contributed by atoms with E-state index in [0.29, 0.717) is 18.9 Å². The van der Waals surface area contributed by atoms with Crippen molar-refractivity contribution in [2.45, 2.75) is 39.2 Å². The molecular formula is C19H32N2O2. The van der Waals surface area contributed by atoms with Gasteiger partial charge >= 0.3 is 0 Å². The summed E-state index contributed by atoms with van der Waals surface area (Å²) < 4.78 is 0. The minimum atomic E-state index is -0.429. The third-order valence-corrected chi connectivity index (χ3v) is 4.55. The number of aliphatic hydroxyl groups is 2. The van der Waals surface area contributed by atoms with Gasteiger partial charge in [-0.15, -0.1) is 0 Å². The number of likely N-dealkylation sites (N-methyl/N-ethyl adjacent to an activating group) is 1. The Labute approximate surface area is 140 Å². The Morgan fingerprint density at radius 2 is 2.04 bits per heavy atom. The molecule has 1 aliphatic heterocycles. The minimum Gasteiger partial charge on any atom is -0.395 e. The standard InChI is InChI=1S/C19H32N2O2/c1-15(2)14-21-9-4-5-16-13-17(6-7-18(16)21)19(23)8-10-20(3)11-12-22/h6-7,13,15,19,22-23H,4-5,8-12,14H2,1-3H3. The number of hydrogen-bond acceptors (Lipinski definition) is 4. The topological polar surface area (TPSA) is 46.9 Å². The number of aryl methyl sites for hydroxylation is 1. The summed E-state index contributed by atoms with van der Waals surface area (Å²) in [5.41, 5.74) is 3.74. The molecular weight excluding hydrogens is 288 g/mol. The molecule has 2 rings (SSSR count). The first kappa shape index (κ1) is 18.2. The van der Waals surface area contributed by atoms with Crippen molar-refractivity contribution in [3.63, 3.8) is 0 Å². The maximum absolute atomic E-state index is 10.4. The number of rotatable bonds is 8. The average molecular weight is 320 g/mol. The molecule has 0 saturated heterocycles. The fraction of sp³-hybridized carbons (Fsp3) is 0.684. The third kappa shape index (κ3) is 5.20. The highest BCUT2D eigenvalue weighted by atomic mass is 16.3.